The number of anilines is 1. The van der Waals surface area contributed by atoms with Crippen LogP contribution in [-0.4, -0.2) is 48.4 Å². The molecule has 0 aromatic carbocycles. The molecule has 0 saturated carbocycles. The van der Waals surface area contributed by atoms with Crippen molar-refractivity contribution in [2.75, 3.05) is 25.0 Å². The van der Waals surface area contributed by atoms with Gasteiger partial charge in [0.1, 0.15) is 5.65 Å². The second-order valence-corrected chi connectivity index (χ2v) is 9.69. The van der Waals surface area contributed by atoms with Crippen molar-refractivity contribution in [3.05, 3.63) is 54.6 Å². The molecule has 0 amide bonds. The summed E-state index contributed by atoms with van der Waals surface area (Å²) in [6.07, 6.45) is 7.62. The first-order chi connectivity index (χ1) is 13.5. The smallest absolute Gasteiger partial charge is 0.179 e. The van der Waals surface area contributed by atoms with Gasteiger partial charge in [-0.3, -0.25) is 4.98 Å². The number of piperidine rings is 1. The average molecular weight is 400 g/mol. The normalized spacial score (nSPS) is 23.0. The molecule has 1 aliphatic heterocycles. The molecular weight excluding hydrogens is 374 g/mol. The molecular formula is C20H25N5O2S. The van der Waals surface area contributed by atoms with E-state index < -0.39 is 14.7 Å². The van der Waals surface area contributed by atoms with E-state index in [1.54, 1.807) is 24.7 Å². The molecule has 1 fully saturated rings. The molecule has 148 valence electrons. The summed E-state index contributed by atoms with van der Waals surface area (Å²) in [4.78, 5) is 12.4. The van der Waals surface area contributed by atoms with E-state index in [1.807, 2.05) is 43.3 Å². The molecule has 8 heteroatoms. The number of nitrogens with zero attached hydrogens (tertiary/aromatic N) is 3. The molecule has 0 radical (unpaired) electrons. The highest BCUT2D eigenvalue weighted by atomic mass is 32.2. The maximum absolute atomic E-state index is 13.8. The quantitative estimate of drug-likeness (QED) is 0.684. The van der Waals surface area contributed by atoms with Crippen LogP contribution in [0.5, 0.6) is 0 Å². The highest BCUT2D eigenvalue weighted by Gasteiger charge is 2.52. The molecule has 1 saturated heterocycles. The van der Waals surface area contributed by atoms with E-state index in [2.05, 4.69) is 20.3 Å². The molecule has 0 spiro atoms. The summed E-state index contributed by atoms with van der Waals surface area (Å²) in [7, 11) is -1.67. The van der Waals surface area contributed by atoms with Crippen molar-refractivity contribution in [3.8, 4) is 0 Å². The molecule has 0 aliphatic carbocycles. The van der Waals surface area contributed by atoms with Crippen LogP contribution < -0.4 is 10.2 Å². The zero-order valence-electron chi connectivity index (χ0n) is 16.1. The molecule has 0 unspecified atom stereocenters. The molecule has 28 heavy (non-hydrogen) atoms. The van der Waals surface area contributed by atoms with Crippen molar-refractivity contribution in [1.82, 2.24) is 20.3 Å². The molecule has 0 bridgehead atoms. The molecule has 3 aromatic rings. The van der Waals surface area contributed by atoms with Crippen molar-refractivity contribution >= 4 is 26.6 Å². The lowest BCUT2D eigenvalue weighted by molar-refractivity contribution is 0.290. The third kappa shape index (κ3) is 2.97. The second-order valence-electron chi connectivity index (χ2n) is 7.46. The minimum Gasteiger partial charge on any atom is -0.354 e. The molecule has 7 nitrogen and oxygen atoms in total. The lowest BCUT2D eigenvalue weighted by Gasteiger charge is -2.49. The summed E-state index contributed by atoms with van der Waals surface area (Å²) >= 11 is 0. The van der Waals surface area contributed by atoms with E-state index in [9.17, 15) is 8.42 Å². The highest BCUT2D eigenvalue weighted by molar-refractivity contribution is 7.92. The van der Waals surface area contributed by atoms with Gasteiger partial charge in [-0.05, 0) is 42.6 Å². The lowest BCUT2D eigenvalue weighted by atomic mass is 9.92. The Morgan fingerprint density at radius 1 is 1.29 bits per heavy atom. The van der Waals surface area contributed by atoms with E-state index in [-0.39, 0.29) is 11.7 Å². The van der Waals surface area contributed by atoms with Gasteiger partial charge < -0.3 is 15.2 Å². The maximum atomic E-state index is 13.8. The Bertz CT molecular complexity index is 1070. The number of nitrogens with one attached hydrogen (secondary N) is 2. The first kappa shape index (κ1) is 18.9. The Morgan fingerprint density at radius 3 is 2.89 bits per heavy atom. The lowest BCUT2D eigenvalue weighted by Crippen LogP contribution is -2.65. The summed E-state index contributed by atoms with van der Waals surface area (Å²) in [5, 5.41) is 4.25. The van der Waals surface area contributed by atoms with E-state index in [1.165, 1.54) is 0 Å². The Morgan fingerprint density at radius 2 is 2.14 bits per heavy atom. The van der Waals surface area contributed by atoms with Gasteiger partial charge in [0.15, 0.2) is 14.7 Å². The predicted octanol–water partition coefficient (Wildman–Crippen LogP) is 2.33. The van der Waals surface area contributed by atoms with Crippen molar-refractivity contribution in [1.29, 1.82) is 0 Å². The van der Waals surface area contributed by atoms with E-state index in [4.69, 9.17) is 0 Å². The second kappa shape index (κ2) is 7.18. The van der Waals surface area contributed by atoms with Crippen molar-refractivity contribution < 1.29 is 8.42 Å². The zero-order valence-corrected chi connectivity index (χ0v) is 16.9. The Labute approximate surface area is 165 Å². The number of fused-ring (bicyclic) bond motifs is 1. The summed E-state index contributed by atoms with van der Waals surface area (Å²) in [5.41, 5.74) is 2.31. The number of hydrogen-bond donors (Lipinski definition) is 2. The minimum atomic E-state index is -3.55. The molecule has 3 aromatic heterocycles. The van der Waals surface area contributed by atoms with Gasteiger partial charge in [-0.25, -0.2) is 13.4 Å². The van der Waals surface area contributed by atoms with Crippen LogP contribution in [-0.2, 0) is 15.6 Å². The van der Waals surface area contributed by atoms with Gasteiger partial charge >= 0.3 is 0 Å². The number of likely N-dealkylation sites (N-methyl/N-ethyl adjacent to an activating group) is 1. The van der Waals surface area contributed by atoms with E-state index >= 15 is 0 Å². The molecule has 4 heterocycles. The van der Waals surface area contributed by atoms with Crippen LogP contribution in [0.2, 0.25) is 0 Å². The fraction of sp³-hybridized carbons (Fsp3) is 0.400. The third-order valence-electron chi connectivity index (χ3n) is 5.89. The fourth-order valence-corrected chi connectivity index (χ4v) is 6.76. The van der Waals surface area contributed by atoms with E-state index in [0.29, 0.717) is 12.1 Å². The molecule has 2 atom stereocenters. The van der Waals surface area contributed by atoms with Gasteiger partial charge in [0.25, 0.3) is 0 Å². The van der Waals surface area contributed by atoms with E-state index in [0.717, 1.165) is 29.7 Å². The monoisotopic (exact) mass is 399 g/mol. The summed E-state index contributed by atoms with van der Waals surface area (Å²) in [6, 6.07) is 7.42. The van der Waals surface area contributed by atoms with Crippen LogP contribution in [0.1, 0.15) is 18.9 Å². The number of H-pyrrole nitrogens is 1. The topological polar surface area (TPSA) is 91.0 Å². The van der Waals surface area contributed by atoms with Crippen LogP contribution in [0, 0.1) is 5.92 Å². The van der Waals surface area contributed by atoms with Gasteiger partial charge in [0.2, 0.25) is 0 Å². The minimum absolute atomic E-state index is 0.0393. The number of aromatic amines is 1. The highest BCUT2D eigenvalue weighted by Crippen LogP contribution is 2.40. The maximum Gasteiger partial charge on any atom is 0.179 e. The van der Waals surface area contributed by atoms with Gasteiger partial charge in [-0.2, -0.15) is 0 Å². The molecule has 4 rings (SSSR count). The van der Waals surface area contributed by atoms with Crippen molar-refractivity contribution in [3.63, 3.8) is 0 Å². The number of rotatable bonds is 5. The standard InChI is InChI=1S/C20H25N5O2S/c1-15-5-9-22-14-20(15,28(26,27)13-16-4-3-8-21-12-16)25(2)18-7-11-24-19-17(18)6-10-23-19/h3-4,6-8,10-12,15,22H,5,9,13-14H2,1-2H3,(H,23,24)/t15-,20+/m1/s1. The zero-order chi connectivity index (χ0) is 19.8. The van der Waals surface area contributed by atoms with Crippen LogP contribution in [0.3, 0.4) is 0 Å². The van der Waals surface area contributed by atoms with Gasteiger partial charge in [0.05, 0.1) is 11.4 Å². The van der Waals surface area contributed by atoms with Gasteiger partial charge in [0, 0.05) is 43.8 Å². The summed E-state index contributed by atoms with van der Waals surface area (Å²) < 4.78 is 27.7. The van der Waals surface area contributed by atoms with Gasteiger partial charge in [-0.15, -0.1) is 0 Å². The third-order valence-corrected chi connectivity index (χ3v) is 8.50. The first-order valence-electron chi connectivity index (χ1n) is 9.43. The molecule has 2 N–H and O–H groups in total. The molecule has 1 aliphatic rings. The largest absolute Gasteiger partial charge is 0.354 e. The number of pyridine rings is 2. The Hall–Kier alpha value is -2.45. The van der Waals surface area contributed by atoms with Crippen LogP contribution in [0.4, 0.5) is 5.69 Å². The van der Waals surface area contributed by atoms with Crippen LogP contribution >= 0.6 is 0 Å². The average Bonchev–Trinajstić information content (AvgIpc) is 3.17. The van der Waals surface area contributed by atoms with Crippen molar-refractivity contribution in [2.24, 2.45) is 5.92 Å². The number of sulfone groups is 1. The van der Waals surface area contributed by atoms with Crippen molar-refractivity contribution in [2.45, 2.75) is 24.0 Å². The van der Waals surface area contributed by atoms with Crippen LogP contribution in [0.25, 0.3) is 11.0 Å². The summed E-state index contributed by atoms with van der Waals surface area (Å²) in [5.74, 6) is -0.0824. The number of aromatic nitrogens is 3. The Kier molecular flexibility index (Phi) is 4.84. The van der Waals surface area contributed by atoms with Crippen LogP contribution in [0.15, 0.2) is 49.1 Å². The first-order valence-corrected chi connectivity index (χ1v) is 11.1. The summed E-state index contributed by atoms with van der Waals surface area (Å²) in [6.45, 7) is 3.23. The fourth-order valence-electron chi connectivity index (χ4n) is 4.33. The predicted molar refractivity (Wildman–Crippen MR) is 111 cm³/mol. The van der Waals surface area contributed by atoms with Gasteiger partial charge in [-0.1, -0.05) is 13.0 Å². The Balaban J connectivity index is 1.84. The SMILES string of the molecule is C[C@@H]1CCNC[C@]1(N(C)c1ccnc2[nH]ccc12)S(=O)(=O)Cc1cccnc1. The number of hydrogen-bond acceptors (Lipinski definition) is 6.